The van der Waals surface area contributed by atoms with Crippen molar-refractivity contribution in [2.75, 3.05) is 17.7 Å². The van der Waals surface area contributed by atoms with Crippen LogP contribution in [0.1, 0.15) is 36.3 Å². The first-order valence-corrected chi connectivity index (χ1v) is 9.27. The number of aromatic amines is 1. The van der Waals surface area contributed by atoms with Gasteiger partial charge >= 0.3 is 0 Å². The third kappa shape index (κ3) is 2.78. The minimum Gasteiger partial charge on any atom is -0.489 e. The number of nitrogens with one attached hydrogen (secondary N) is 2. The van der Waals surface area contributed by atoms with Gasteiger partial charge in [-0.2, -0.15) is 0 Å². The number of aromatic nitrogens is 2. The van der Waals surface area contributed by atoms with Crippen molar-refractivity contribution in [3.05, 3.63) is 51.3 Å². The van der Waals surface area contributed by atoms with Gasteiger partial charge in [0.2, 0.25) is 5.91 Å². The summed E-state index contributed by atoms with van der Waals surface area (Å²) in [7, 11) is 0. The van der Waals surface area contributed by atoms with Gasteiger partial charge in [0.05, 0.1) is 16.6 Å². The molecule has 0 saturated carbocycles. The summed E-state index contributed by atoms with van der Waals surface area (Å²) in [6.45, 7) is 4.35. The van der Waals surface area contributed by atoms with Crippen LogP contribution in [0.4, 0.5) is 5.82 Å². The third-order valence-electron chi connectivity index (χ3n) is 4.37. The number of para-hydroxylation sites is 1. The van der Waals surface area contributed by atoms with E-state index in [1.54, 1.807) is 4.68 Å². The lowest BCUT2D eigenvalue weighted by molar-refractivity contribution is -0.113. The van der Waals surface area contributed by atoms with E-state index >= 15 is 0 Å². The number of amides is 1. The third-order valence-corrected chi connectivity index (χ3v) is 5.67. The molecule has 4 rings (SSSR count). The second kappa shape index (κ2) is 6.15. The van der Waals surface area contributed by atoms with Gasteiger partial charge in [0, 0.05) is 11.6 Å². The first kappa shape index (κ1) is 16.1. The van der Waals surface area contributed by atoms with Crippen LogP contribution in [0, 0.1) is 0 Å². The molecular formula is C18H19N3O3S. The van der Waals surface area contributed by atoms with Crippen LogP contribution in [0.5, 0.6) is 5.75 Å². The zero-order valence-electron chi connectivity index (χ0n) is 14.0. The molecule has 0 aliphatic carbocycles. The molecular weight excluding hydrogens is 338 g/mol. The highest BCUT2D eigenvalue weighted by atomic mass is 32.2. The Labute approximate surface area is 149 Å². The smallest absolute Gasteiger partial charge is 0.270 e. The number of carbonyl (C=O) groups excluding carboxylic acids is 1. The Morgan fingerprint density at radius 3 is 2.88 bits per heavy atom. The summed E-state index contributed by atoms with van der Waals surface area (Å²) in [5.74, 6) is 1.61. The molecule has 0 fully saturated rings. The van der Waals surface area contributed by atoms with E-state index in [1.807, 2.05) is 38.1 Å². The van der Waals surface area contributed by atoms with E-state index in [4.69, 9.17) is 4.74 Å². The van der Waals surface area contributed by atoms with Crippen LogP contribution in [0.25, 0.3) is 6.08 Å². The Balaban J connectivity index is 1.84. The number of nitrogens with zero attached hydrogens (tertiary/aromatic N) is 1. The molecule has 2 aliphatic heterocycles. The van der Waals surface area contributed by atoms with Crippen molar-refractivity contribution in [3.63, 3.8) is 0 Å². The summed E-state index contributed by atoms with van der Waals surface area (Å²) in [4.78, 5) is 24.8. The SMILES string of the molecule is CC(C)n1[nH]c(=O)c2c1NC(=O)CS[C@@H]2C1=Cc2ccccc2OC1. The van der Waals surface area contributed by atoms with Crippen LogP contribution in [-0.4, -0.2) is 28.0 Å². The Hall–Kier alpha value is -2.41. The van der Waals surface area contributed by atoms with Gasteiger partial charge in [-0.15, -0.1) is 11.8 Å². The number of benzene rings is 1. The van der Waals surface area contributed by atoms with E-state index in [1.165, 1.54) is 11.8 Å². The van der Waals surface area contributed by atoms with Crippen molar-refractivity contribution < 1.29 is 9.53 Å². The van der Waals surface area contributed by atoms with Gasteiger partial charge in [0.15, 0.2) is 0 Å². The fourth-order valence-corrected chi connectivity index (χ4v) is 4.33. The Bertz CT molecular complexity index is 926. The fraction of sp³-hybridized carbons (Fsp3) is 0.333. The van der Waals surface area contributed by atoms with E-state index in [0.717, 1.165) is 16.9 Å². The van der Waals surface area contributed by atoms with E-state index in [2.05, 4.69) is 16.5 Å². The molecule has 0 saturated heterocycles. The number of hydrogen-bond donors (Lipinski definition) is 2. The maximum atomic E-state index is 12.6. The van der Waals surface area contributed by atoms with Gasteiger partial charge in [-0.1, -0.05) is 18.2 Å². The van der Waals surface area contributed by atoms with Crippen molar-refractivity contribution in [1.29, 1.82) is 0 Å². The zero-order valence-corrected chi connectivity index (χ0v) is 14.9. The maximum absolute atomic E-state index is 12.6. The minimum absolute atomic E-state index is 0.0396. The number of fused-ring (bicyclic) bond motifs is 2. The lowest BCUT2D eigenvalue weighted by atomic mass is 10.0. The van der Waals surface area contributed by atoms with Crippen LogP contribution in [0.15, 0.2) is 34.6 Å². The highest BCUT2D eigenvalue weighted by Crippen LogP contribution is 2.43. The summed E-state index contributed by atoms with van der Waals surface area (Å²) < 4.78 is 7.59. The average molecular weight is 357 g/mol. The van der Waals surface area contributed by atoms with E-state index < -0.39 is 0 Å². The Morgan fingerprint density at radius 2 is 2.08 bits per heavy atom. The van der Waals surface area contributed by atoms with Crippen LogP contribution in [0.2, 0.25) is 0 Å². The second-order valence-electron chi connectivity index (χ2n) is 6.45. The number of anilines is 1. The molecule has 1 aromatic carbocycles. The number of ether oxygens (including phenoxy) is 1. The molecule has 3 heterocycles. The minimum atomic E-state index is -0.217. The molecule has 6 nitrogen and oxygen atoms in total. The number of H-pyrrole nitrogens is 1. The van der Waals surface area contributed by atoms with Crippen molar-refractivity contribution in [1.82, 2.24) is 9.78 Å². The van der Waals surface area contributed by atoms with Gasteiger partial charge in [0.1, 0.15) is 18.2 Å². The van der Waals surface area contributed by atoms with Crippen LogP contribution >= 0.6 is 11.8 Å². The van der Waals surface area contributed by atoms with Crippen LogP contribution in [-0.2, 0) is 4.79 Å². The van der Waals surface area contributed by atoms with Crippen LogP contribution < -0.4 is 15.6 Å². The summed E-state index contributed by atoms with van der Waals surface area (Å²) in [6, 6.07) is 7.86. The monoisotopic (exact) mass is 357 g/mol. The molecule has 0 bridgehead atoms. The fourth-order valence-electron chi connectivity index (χ4n) is 3.21. The molecule has 1 atom stereocenters. The molecule has 25 heavy (non-hydrogen) atoms. The quantitative estimate of drug-likeness (QED) is 0.866. The highest BCUT2D eigenvalue weighted by molar-refractivity contribution is 8.00. The van der Waals surface area contributed by atoms with Crippen molar-refractivity contribution in [2.45, 2.75) is 25.1 Å². The first-order valence-electron chi connectivity index (χ1n) is 8.22. The standard InChI is InChI=1S/C18H19N3O3S/c1-10(2)21-17-15(18(23)20-21)16(25-9-14(22)19-17)12-7-11-5-3-4-6-13(11)24-8-12/h3-7,10,16H,8-9H2,1-2H3,(H,19,22)(H,20,23)/t16-/m1/s1. The molecule has 0 spiro atoms. The van der Waals surface area contributed by atoms with Gasteiger partial charge < -0.3 is 10.1 Å². The highest BCUT2D eigenvalue weighted by Gasteiger charge is 2.33. The molecule has 1 amide bonds. The molecule has 0 radical (unpaired) electrons. The van der Waals surface area contributed by atoms with E-state index in [-0.39, 0.29) is 22.8 Å². The van der Waals surface area contributed by atoms with Crippen LogP contribution in [0.3, 0.4) is 0 Å². The van der Waals surface area contributed by atoms with E-state index in [9.17, 15) is 9.59 Å². The number of rotatable bonds is 2. The molecule has 2 aromatic rings. The number of carbonyl (C=O) groups is 1. The van der Waals surface area contributed by atoms with Gasteiger partial charge in [-0.25, -0.2) is 0 Å². The number of hydrogen-bond acceptors (Lipinski definition) is 4. The van der Waals surface area contributed by atoms with Crippen molar-refractivity contribution >= 4 is 29.6 Å². The van der Waals surface area contributed by atoms with Gasteiger partial charge in [0.25, 0.3) is 5.56 Å². The van der Waals surface area contributed by atoms with Gasteiger partial charge in [-0.3, -0.25) is 19.4 Å². The largest absolute Gasteiger partial charge is 0.489 e. The Morgan fingerprint density at radius 1 is 1.28 bits per heavy atom. The summed E-state index contributed by atoms with van der Waals surface area (Å²) in [5.41, 5.74) is 2.42. The maximum Gasteiger partial charge on any atom is 0.270 e. The molecule has 7 heteroatoms. The predicted octanol–water partition coefficient (Wildman–Crippen LogP) is 2.96. The second-order valence-corrected chi connectivity index (χ2v) is 7.55. The van der Waals surface area contributed by atoms with Crippen molar-refractivity contribution in [2.24, 2.45) is 0 Å². The normalized spacial score (nSPS) is 19.4. The topological polar surface area (TPSA) is 76.1 Å². The zero-order chi connectivity index (χ0) is 17.6. The summed E-state index contributed by atoms with van der Waals surface area (Å²) in [5, 5.41) is 5.52. The molecule has 0 unspecified atom stereocenters. The lowest BCUT2D eigenvalue weighted by Crippen LogP contribution is -2.18. The lowest BCUT2D eigenvalue weighted by Gasteiger charge is -2.23. The summed E-state index contributed by atoms with van der Waals surface area (Å²) >= 11 is 1.46. The molecule has 130 valence electrons. The average Bonchev–Trinajstić information content (AvgIpc) is 2.81. The Kier molecular flexibility index (Phi) is 3.95. The van der Waals surface area contributed by atoms with E-state index in [0.29, 0.717) is 23.7 Å². The van der Waals surface area contributed by atoms with Crippen molar-refractivity contribution in [3.8, 4) is 5.75 Å². The predicted molar refractivity (Wildman–Crippen MR) is 99.2 cm³/mol. The molecule has 2 aliphatic rings. The molecule has 1 aromatic heterocycles. The van der Waals surface area contributed by atoms with Gasteiger partial charge in [-0.05, 0) is 31.6 Å². The molecule has 2 N–H and O–H groups in total. The first-order chi connectivity index (χ1) is 12.0. The number of thioether (sulfide) groups is 1. The summed E-state index contributed by atoms with van der Waals surface area (Å²) in [6.07, 6.45) is 2.07.